The first kappa shape index (κ1) is 14.9. The van der Waals surface area contributed by atoms with Crippen LogP contribution in [-0.4, -0.2) is 51.3 Å². The van der Waals surface area contributed by atoms with Crippen LogP contribution in [0.25, 0.3) is 0 Å². The first-order valence-corrected chi connectivity index (χ1v) is 7.93. The third kappa shape index (κ3) is 5.33. The maximum absolute atomic E-state index is 12.0. The van der Waals surface area contributed by atoms with Crippen LogP contribution in [0.15, 0.2) is 0 Å². The van der Waals surface area contributed by atoms with Crippen molar-refractivity contribution in [1.29, 1.82) is 0 Å². The number of hydrogen-bond acceptors (Lipinski definition) is 4. The van der Waals surface area contributed by atoms with Gasteiger partial charge < -0.3 is 10.5 Å². The smallest absolute Gasteiger partial charge is 0.216 e. The van der Waals surface area contributed by atoms with Crippen LogP contribution in [0.2, 0.25) is 0 Å². The highest BCUT2D eigenvalue weighted by Crippen LogP contribution is 2.15. The van der Waals surface area contributed by atoms with Gasteiger partial charge in [0, 0.05) is 20.2 Å². The van der Waals surface area contributed by atoms with E-state index in [1.165, 1.54) is 4.31 Å². The Balaban J connectivity index is 2.29. The van der Waals surface area contributed by atoms with Crippen molar-refractivity contribution in [2.75, 3.05) is 32.5 Å². The van der Waals surface area contributed by atoms with Crippen molar-refractivity contribution in [2.45, 2.75) is 38.2 Å². The summed E-state index contributed by atoms with van der Waals surface area (Å²) in [6.07, 6.45) is 4.54. The highest BCUT2D eigenvalue weighted by Gasteiger charge is 2.26. The van der Waals surface area contributed by atoms with Gasteiger partial charge >= 0.3 is 0 Å². The summed E-state index contributed by atoms with van der Waals surface area (Å²) in [4.78, 5) is 0. The van der Waals surface area contributed by atoms with E-state index in [-0.39, 0.29) is 11.9 Å². The molecule has 0 aliphatic carbocycles. The number of ether oxygens (including phenoxy) is 1. The molecule has 0 bridgehead atoms. The third-order valence-electron chi connectivity index (χ3n) is 3.07. The van der Waals surface area contributed by atoms with Crippen molar-refractivity contribution in [2.24, 2.45) is 5.73 Å². The quantitative estimate of drug-likeness (QED) is 0.650. The normalized spacial score (nSPS) is 21.2. The van der Waals surface area contributed by atoms with Gasteiger partial charge in [-0.1, -0.05) is 6.42 Å². The fraction of sp³-hybridized carbons (Fsp3) is 1.00. The van der Waals surface area contributed by atoms with Crippen molar-refractivity contribution in [3.05, 3.63) is 0 Å². The summed E-state index contributed by atoms with van der Waals surface area (Å²) >= 11 is 0. The van der Waals surface area contributed by atoms with Crippen LogP contribution < -0.4 is 5.73 Å². The molecular formula is C11H24N2O3S. The molecular weight excluding hydrogens is 240 g/mol. The lowest BCUT2D eigenvalue weighted by Gasteiger charge is -2.19. The first-order valence-electron chi connectivity index (χ1n) is 6.32. The third-order valence-corrected chi connectivity index (χ3v) is 5.00. The second-order valence-corrected chi connectivity index (χ2v) is 6.70. The van der Waals surface area contributed by atoms with Gasteiger partial charge in [0.2, 0.25) is 10.0 Å². The summed E-state index contributed by atoms with van der Waals surface area (Å²) in [5, 5.41) is 0. The number of hydrogen-bond donors (Lipinski definition) is 1. The molecule has 1 atom stereocenters. The fourth-order valence-corrected chi connectivity index (χ4v) is 3.33. The van der Waals surface area contributed by atoms with E-state index in [4.69, 9.17) is 10.5 Å². The molecule has 1 heterocycles. The molecule has 1 rings (SSSR count). The maximum atomic E-state index is 12.0. The molecule has 1 fully saturated rings. The molecule has 0 saturated carbocycles. The van der Waals surface area contributed by atoms with Gasteiger partial charge in [-0.2, -0.15) is 0 Å². The molecule has 102 valence electrons. The minimum Gasteiger partial charge on any atom is -0.377 e. The molecule has 1 aliphatic heterocycles. The summed E-state index contributed by atoms with van der Waals surface area (Å²) in [6, 6.07) is 0. The standard InChI is InChI=1S/C11H24N2O3S/c1-13(8-4-2-3-7-12)17(14,15)10-11-6-5-9-16-11/h11H,2-10,12H2,1H3. The summed E-state index contributed by atoms with van der Waals surface area (Å²) < 4.78 is 30.8. The Morgan fingerprint density at radius 1 is 1.35 bits per heavy atom. The van der Waals surface area contributed by atoms with Gasteiger partial charge in [0.25, 0.3) is 0 Å². The Labute approximate surface area is 104 Å². The number of rotatable bonds is 8. The molecule has 1 aliphatic rings. The van der Waals surface area contributed by atoms with Gasteiger partial charge in [-0.25, -0.2) is 12.7 Å². The zero-order valence-electron chi connectivity index (χ0n) is 10.6. The average molecular weight is 264 g/mol. The Hall–Kier alpha value is -0.170. The topological polar surface area (TPSA) is 72.6 Å². The lowest BCUT2D eigenvalue weighted by molar-refractivity contribution is 0.126. The van der Waals surface area contributed by atoms with Crippen LogP contribution in [0, 0.1) is 0 Å². The van der Waals surface area contributed by atoms with E-state index in [0.29, 0.717) is 19.7 Å². The van der Waals surface area contributed by atoms with E-state index in [1.54, 1.807) is 7.05 Å². The number of nitrogens with two attached hydrogens (primary N) is 1. The minimum absolute atomic E-state index is 0.105. The second-order valence-electron chi connectivity index (χ2n) is 4.58. The number of nitrogens with zero attached hydrogens (tertiary/aromatic N) is 1. The highest BCUT2D eigenvalue weighted by atomic mass is 32.2. The molecule has 0 spiro atoms. The zero-order valence-corrected chi connectivity index (χ0v) is 11.4. The molecule has 0 amide bonds. The average Bonchev–Trinajstić information content (AvgIpc) is 2.76. The maximum Gasteiger partial charge on any atom is 0.216 e. The van der Waals surface area contributed by atoms with Crippen LogP contribution in [0.1, 0.15) is 32.1 Å². The predicted octanol–water partition coefficient (Wildman–Crippen LogP) is 0.556. The summed E-state index contributed by atoms with van der Waals surface area (Å²) in [5.74, 6) is 0.125. The molecule has 1 saturated heterocycles. The second kappa shape index (κ2) is 7.31. The molecule has 17 heavy (non-hydrogen) atoms. The predicted molar refractivity (Wildman–Crippen MR) is 68.3 cm³/mol. The van der Waals surface area contributed by atoms with E-state index in [9.17, 15) is 8.42 Å². The molecule has 5 nitrogen and oxygen atoms in total. The number of sulfonamides is 1. The Morgan fingerprint density at radius 3 is 2.71 bits per heavy atom. The Kier molecular flexibility index (Phi) is 6.40. The lowest BCUT2D eigenvalue weighted by Crippen LogP contribution is -2.34. The first-order chi connectivity index (χ1) is 8.06. The van der Waals surface area contributed by atoms with Crippen molar-refractivity contribution in [1.82, 2.24) is 4.31 Å². The van der Waals surface area contributed by atoms with E-state index in [1.807, 2.05) is 0 Å². The van der Waals surface area contributed by atoms with Crippen molar-refractivity contribution >= 4 is 10.0 Å². The number of unbranched alkanes of at least 4 members (excludes halogenated alkanes) is 2. The van der Waals surface area contributed by atoms with Gasteiger partial charge in [-0.05, 0) is 32.2 Å². The van der Waals surface area contributed by atoms with Crippen LogP contribution >= 0.6 is 0 Å². The lowest BCUT2D eigenvalue weighted by atomic mass is 10.2. The van der Waals surface area contributed by atoms with Crippen LogP contribution in [-0.2, 0) is 14.8 Å². The molecule has 0 radical (unpaired) electrons. The minimum atomic E-state index is -3.15. The van der Waals surface area contributed by atoms with Crippen LogP contribution in [0.4, 0.5) is 0 Å². The largest absolute Gasteiger partial charge is 0.377 e. The van der Waals surface area contributed by atoms with E-state index in [0.717, 1.165) is 32.1 Å². The molecule has 2 N–H and O–H groups in total. The van der Waals surface area contributed by atoms with Crippen LogP contribution in [0.3, 0.4) is 0 Å². The zero-order chi connectivity index (χ0) is 12.7. The molecule has 0 aromatic heterocycles. The van der Waals surface area contributed by atoms with Gasteiger partial charge in [0.1, 0.15) is 0 Å². The molecule has 0 aromatic rings. The summed E-state index contributed by atoms with van der Waals surface area (Å²) in [7, 11) is -1.51. The molecule has 0 aromatic carbocycles. The SMILES string of the molecule is CN(CCCCCN)S(=O)(=O)CC1CCCO1. The monoisotopic (exact) mass is 264 g/mol. The molecule has 6 heteroatoms. The summed E-state index contributed by atoms with van der Waals surface area (Å²) in [6.45, 7) is 1.95. The Bertz CT molecular complexity index is 300. The van der Waals surface area contributed by atoms with Gasteiger partial charge in [-0.15, -0.1) is 0 Å². The van der Waals surface area contributed by atoms with E-state index < -0.39 is 10.0 Å². The highest BCUT2D eigenvalue weighted by molar-refractivity contribution is 7.89. The van der Waals surface area contributed by atoms with Crippen molar-refractivity contribution in [3.8, 4) is 0 Å². The fourth-order valence-electron chi connectivity index (χ4n) is 1.93. The van der Waals surface area contributed by atoms with Crippen LogP contribution in [0.5, 0.6) is 0 Å². The van der Waals surface area contributed by atoms with Gasteiger partial charge in [0.05, 0.1) is 11.9 Å². The summed E-state index contributed by atoms with van der Waals surface area (Å²) in [5.41, 5.74) is 5.39. The van der Waals surface area contributed by atoms with E-state index >= 15 is 0 Å². The van der Waals surface area contributed by atoms with E-state index in [2.05, 4.69) is 0 Å². The van der Waals surface area contributed by atoms with Gasteiger partial charge in [-0.3, -0.25) is 0 Å². The Morgan fingerprint density at radius 2 is 2.12 bits per heavy atom. The van der Waals surface area contributed by atoms with Gasteiger partial charge in [0.15, 0.2) is 0 Å². The molecule has 1 unspecified atom stereocenters. The van der Waals surface area contributed by atoms with Crippen molar-refractivity contribution in [3.63, 3.8) is 0 Å². The van der Waals surface area contributed by atoms with Crippen molar-refractivity contribution < 1.29 is 13.2 Å².